The number of fused-ring (bicyclic) bond motifs is 2. The van der Waals surface area contributed by atoms with E-state index < -0.39 is 5.25 Å². The number of ether oxygens (including phenoxy) is 1. The number of amides is 3. The monoisotopic (exact) mass is 458 g/mol. The highest BCUT2D eigenvalue weighted by atomic mass is 32.2. The Bertz CT molecular complexity index is 1240. The van der Waals surface area contributed by atoms with E-state index in [1.165, 1.54) is 23.8 Å². The normalized spacial score (nSPS) is 20.8. The van der Waals surface area contributed by atoms with Gasteiger partial charge < -0.3 is 10.1 Å². The highest BCUT2D eigenvalue weighted by molar-refractivity contribution is 8.15. The van der Waals surface area contributed by atoms with Crippen molar-refractivity contribution in [3.05, 3.63) is 94.6 Å². The van der Waals surface area contributed by atoms with Crippen LogP contribution in [0, 0.1) is 5.92 Å². The summed E-state index contributed by atoms with van der Waals surface area (Å²) < 4.78 is 5.39. The summed E-state index contributed by atoms with van der Waals surface area (Å²) in [7, 11) is 1.52. The van der Waals surface area contributed by atoms with Crippen LogP contribution in [0.15, 0.2) is 77.9 Å². The summed E-state index contributed by atoms with van der Waals surface area (Å²) in [5.41, 5.74) is 6.00. The van der Waals surface area contributed by atoms with Gasteiger partial charge in [0.1, 0.15) is 5.75 Å². The summed E-state index contributed by atoms with van der Waals surface area (Å²) in [5.74, 6) is 0.0952. The van der Waals surface area contributed by atoms with Crippen molar-refractivity contribution in [2.75, 3.05) is 13.7 Å². The third-order valence-corrected chi connectivity index (χ3v) is 7.08. The fraction of sp³-hybridized carbons (Fsp3) is 0.192. The molecule has 166 valence electrons. The van der Waals surface area contributed by atoms with Gasteiger partial charge in [-0.25, -0.2) is 0 Å². The maximum atomic E-state index is 13.1. The average molecular weight is 459 g/mol. The fourth-order valence-corrected chi connectivity index (χ4v) is 5.23. The highest BCUT2D eigenvalue weighted by Gasteiger charge is 2.33. The molecule has 5 rings (SSSR count). The topological polar surface area (TPSA) is 84.5 Å². The fourth-order valence-electron chi connectivity index (χ4n) is 4.37. The van der Waals surface area contributed by atoms with E-state index in [1.54, 1.807) is 12.1 Å². The molecule has 6 nitrogen and oxygen atoms in total. The first-order valence-corrected chi connectivity index (χ1v) is 11.6. The molecule has 2 unspecified atom stereocenters. The maximum absolute atomic E-state index is 13.1. The SMILES string of the molecule is COc1ccc(CC2SC(=O)NC2=O)cc1C(=O)NCC1c2ccc(-c3ccccc3)c1c2. The zero-order valence-corrected chi connectivity index (χ0v) is 18.8. The van der Waals surface area contributed by atoms with Crippen molar-refractivity contribution in [3.63, 3.8) is 0 Å². The van der Waals surface area contributed by atoms with E-state index in [0.29, 0.717) is 24.3 Å². The number of methoxy groups -OCH3 is 1. The lowest BCUT2D eigenvalue weighted by molar-refractivity contribution is -0.118. The molecular formula is C26H22N2O4S. The Morgan fingerprint density at radius 2 is 1.94 bits per heavy atom. The molecule has 33 heavy (non-hydrogen) atoms. The number of carbonyl (C=O) groups excluding carboxylic acids is 3. The van der Waals surface area contributed by atoms with Gasteiger partial charge in [-0.05, 0) is 46.4 Å². The minimum atomic E-state index is -0.488. The minimum absolute atomic E-state index is 0.160. The molecule has 1 aliphatic heterocycles. The number of allylic oxidation sites excluding steroid dienone is 4. The van der Waals surface area contributed by atoms with Crippen molar-refractivity contribution >= 4 is 34.4 Å². The molecule has 3 aliphatic rings. The summed E-state index contributed by atoms with van der Waals surface area (Å²) in [6, 6.07) is 15.5. The van der Waals surface area contributed by atoms with E-state index >= 15 is 0 Å². The lowest BCUT2D eigenvalue weighted by Gasteiger charge is -2.35. The van der Waals surface area contributed by atoms with Crippen LogP contribution in [0.25, 0.3) is 5.57 Å². The van der Waals surface area contributed by atoms with Gasteiger partial charge in [0.25, 0.3) is 11.1 Å². The van der Waals surface area contributed by atoms with Gasteiger partial charge in [-0.15, -0.1) is 0 Å². The third-order valence-electron chi connectivity index (χ3n) is 6.10. The molecule has 0 radical (unpaired) electrons. The summed E-state index contributed by atoms with van der Waals surface area (Å²) in [6.07, 6.45) is 6.78. The van der Waals surface area contributed by atoms with Crippen molar-refractivity contribution in [1.82, 2.24) is 10.6 Å². The van der Waals surface area contributed by atoms with Gasteiger partial charge in [0.15, 0.2) is 0 Å². The lowest BCUT2D eigenvalue weighted by atomic mass is 9.70. The molecule has 0 saturated carbocycles. The molecule has 2 N–H and O–H groups in total. The Labute approximate surface area is 195 Å². The van der Waals surface area contributed by atoms with Crippen LogP contribution in [0.1, 0.15) is 21.5 Å². The van der Waals surface area contributed by atoms with E-state index in [0.717, 1.165) is 22.9 Å². The largest absolute Gasteiger partial charge is 0.496 e. The van der Waals surface area contributed by atoms with Gasteiger partial charge >= 0.3 is 0 Å². The van der Waals surface area contributed by atoms with E-state index in [4.69, 9.17) is 4.74 Å². The Kier molecular flexibility index (Phi) is 5.64. The predicted octanol–water partition coefficient (Wildman–Crippen LogP) is 3.90. The van der Waals surface area contributed by atoms with Gasteiger partial charge in [-0.3, -0.25) is 19.7 Å². The molecule has 1 fully saturated rings. The van der Waals surface area contributed by atoms with E-state index in [2.05, 4.69) is 41.0 Å². The van der Waals surface area contributed by atoms with Crippen LogP contribution in [-0.4, -0.2) is 36.0 Å². The highest BCUT2D eigenvalue weighted by Crippen LogP contribution is 2.45. The number of hydrogen-bond donors (Lipinski definition) is 2. The molecular weight excluding hydrogens is 436 g/mol. The zero-order chi connectivity index (χ0) is 22.9. The molecule has 2 atom stereocenters. The first kappa shape index (κ1) is 21.3. The van der Waals surface area contributed by atoms with Crippen LogP contribution in [0.2, 0.25) is 0 Å². The van der Waals surface area contributed by atoms with Gasteiger partial charge in [0, 0.05) is 12.5 Å². The van der Waals surface area contributed by atoms with Gasteiger partial charge in [0.2, 0.25) is 5.91 Å². The summed E-state index contributed by atoms with van der Waals surface area (Å²) in [5, 5.41) is 4.51. The Morgan fingerprint density at radius 1 is 1.12 bits per heavy atom. The third kappa shape index (κ3) is 4.12. The summed E-state index contributed by atoms with van der Waals surface area (Å²) >= 11 is 0.976. The van der Waals surface area contributed by atoms with Crippen molar-refractivity contribution in [1.29, 1.82) is 0 Å². The molecule has 2 aliphatic carbocycles. The second kappa shape index (κ2) is 8.75. The van der Waals surface area contributed by atoms with Crippen LogP contribution in [0.3, 0.4) is 0 Å². The maximum Gasteiger partial charge on any atom is 0.286 e. The molecule has 2 aromatic rings. The Hall–Kier alpha value is -3.58. The molecule has 1 heterocycles. The predicted molar refractivity (Wildman–Crippen MR) is 128 cm³/mol. The number of hydrogen-bond acceptors (Lipinski definition) is 5. The second-order valence-corrected chi connectivity index (χ2v) is 9.27. The smallest absolute Gasteiger partial charge is 0.286 e. The Morgan fingerprint density at radius 3 is 2.64 bits per heavy atom. The van der Waals surface area contributed by atoms with E-state index in [9.17, 15) is 14.4 Å². The molecule has 1 saturated heterocycles. The zero-order valence-electron chi connectivity index (χ0n) is 18.0. The van der Waals surface area contributed by atoms with E-state index in [1.807, 2.05) is 24.3 Å². The average Bonchev–Trinajstić information content (AvgIpc) is 3.15. The van der Waals surface area contributed by atoms with Gasteiger partial charge in [-0.2, -0.15) is 0 Å². The number of thioether (sulfide) groups is 1. The lowest BCUT2D eigenvalue weighted by Crippen LogP contribution is -2.35. The Balaban J connectivity index is 1.27. The van der Waals surface area contributed by atoms with Crippen molar-refractivity contribution in [2.45, 2.75) is 11.7 Å². The first-order chi connectivity index (χ1) is 16.0. The van der Waals surface area contributed by atoms with Crippen LogP contribution >= 0.6 is 11.8 Å². The quantitative estimate of drug-likeness (QED) is 0.658. The number of carbonyl (C=O) groups is 3. The van der Waals surface area contributed by atoms with Gasteiger partial charge in [0.05, 0.1) is 17.9 Å². The van der Waals surface area contributed by atoms with Crippen LogP contribution in [0.4, 0.5) is 4.79 Å². The molecule has 0 spiro atoms. The van der Waals surface area contributed by atoms with Crippen LogP contribution in [0.5, 0.6) is 5.75 Å². The number of imide groups is 1. The number of benzene rings is 2. The minimum Gasteiger partial charge on any atom is -0.496 e. The summed E-state index contributed by atoms with van der Waals surface area (Å²) in [6.45, 7) is 0.490. The molecule has 3 amide bonds. The number of rotatable bonds is 7. The first-order valence-electron chi connectivity index (χ1n) is 10.7. The van der Waals surface area contributed by atoms with Crippen molar-refractivity contribution in [2.24, 2.45) is 5.92 Å². The summed E-state index contributed by atoms with van der Waals surface area (Å²) in [4.78, 5) is 36.4. The molecule has 2 aromatic carbocycles. The van der Waals surface area contributed by atoms with Crippen molar-refractivity contribution < 1.29 is 19.1 Å². The standard InChI is InChI=1S/C26H22N2O4S/c1-32-22-10-7-15(12-23-25(30)28-26(31)33-23)11-20(22)24(29)27-14-21-17-8-9-18(19(21)13-17)16-5-3-2-4-6-16/h2-11,13,21,23H,12,14H2,1H3,(H,27,29)(H,28,30,31). The number of nitrogens with one attached hydrogen (secondary N) is 2. The molecule has 0 aromatic heterocycles. The van der Waals surface area contributed by atoms with Crippen LogP contribution in [-0.2, 0) is 11.2 Å². The molecule has 2 bridgehead atoms. The van der Waals surface area contributed by atoms with E-state index in [-0.39, 0.29) is 23.0 Å². The van der Waals surface area contributed by atoms with Crippen LogP contribution < -0.4 is 15.4 Å². The second-order valence-electron chi connectivity index (χ2n) is 8.10. The van der Waals surface area contributed by atoms with Gasteiger partial charge in [-0.1, -0.05) is 66.4 Å². The molecule has 7 heteroatoms. The van der Waals surface area contributed by atoms with Crippen molar-refractivity contribution in [3.8, 4) is 5.75 Å².